The molecule has 0 spiro atoms. The number of nitrogens with zero attached hydrogens (tertiary/aromatic N) is 8. The van der Waals surface area contributed by atoms with E-state index in [9.17, 15) is 116 Å². The molecule has 0 bridgehead atoms. The lowest BCUT2D eigenvalue weighted by molar-refractivity contribution is -0.348. The van der Waals surface area contributed by atoms with Gasteiger partial charge in [0.15, 0.2) is 45.6 Å². The average Bonchev–Trinajstić information content (AvgIpc) is 1.62. The van der Waals surface area contributed by atoms with E-state index < -0.39 is 169 Å². The second kappa shape index (κ2) is 37.1. The van der Waals surface area contributed by atoms with Crippen molar-refractivity contribution < 1.29 is 161 Å². The van der Waals surface area contributed by atoms with E-state index in [2.05, 4.69) is 86.9 Å². The quantitative estimate of drug-likeness (QED) is 0.0147. The summed E-state index contributed by atoms with van der Waals surface area (Å²) >= 11 is 2.03. The van der Waals surface area contributed by atoms with Crippen LogP contribution in [-0.2, 0) is 101 Å². The van der Waals surface area contributed by atoms with Gasteiger partial charge in [-0.2, -0.15) is 0 Å². The molecular formula is C46H68N14O34P6S2-8. The van der Waals surface area contributed by atoms with Gasteiger partial charge in [0.2, 0.25) is 23.6 Å². The van der Waals surface area contributed by atoms with Crippen molar-refractivity contribution in [2.75, 3.05) is 75.6 Å². The molecule has 2 aliphatic heterocycles. The summed E-state index contributed by atoms with van der Waals surface area (Å²) in [6.07, 6.45) is -15.1. The molecule has 4 aromatic heterocycles. The minimum Gasteiger partial charge on any atom is -0.790 e. The maximum absolute atomic E-state index is 12.4. The predicted molar refractivity (Wildman–Crippen MR) is 328 cm³/mol. The highest BCUT2D eigenvalue weighted by Crippen LogP contribution is 2.58. The van der Waals surface area contributed by atoms with Crippen LogP contribution in [-0.4, -0.2) is 206 Å². The normalized spacial score (nSPS) is 22.6. The lowest BCUT2D eigenvalue weighted by Gasteiger charge is -2.36. The smallest absolute Gasteiger partial charge is 0.274 e. The average molecular weight is 1610 g/mol. The molecule has 14 unspecified atom stereocenters. The summed E-state index contributed by atoms with van der Waals surface area (Å²) in [5.74, 6) is -2.39. The third kappa shape index (κ3) is 27.5. The first-order valence-electron chi connectivity index (χ1n) is 28.9. The van der Waals surface area contributed by atoms with Crippen molar-refractivity contribution in [2.24, 2.45) is 10.8 Å². The van der Waals surface area contributed by atoms with E-state index >= 15 is 0 Å². The zero-order valence-corrected chi connectivity index (χ0v) is 60.8. The summed E-state index contributed by atoms with van der Waals surface area (Å²) in [5.41, 5.74) is 8.13. The number of phosphoric ester groups is 6. The Morgan fingerprint density at radius 1 is 0.549 bits per heavy atom. The van der Waals surface area contributed by atoms with Gasteiger partial charge in [0, 0.05) is 75.2 Å². The maximum atomic E-state index is 12.4. The van der Waals surface area contributed by atoms with E-state index in [-0.39, 0.29) is 83.2 Å². The zero-order valence-electron chi connectivity index (χ0n) is 53.8. The van der Waals surface area contributed by atoms with Crippen LogP contribution in [0.1, 0.15) is 66.8 Å². The largest absolute Gasteiger partial charge is 0.790 e. The SMILES string of the molecule is CC(=O)SCCNC(=O)CCNC(=O)C(O)C(C)(C)COP(=O)([O-])OP(=O)([O-])OCC1OC(n2cnc3c(N)ncnc32)C(O)C1OP(=O)([O-])[O-].CC(=O)SCCNC(=O)CCNC(=O)C(O)C(C)(C)COP(=O)([O-])OP(=O)([O-])OCC1OC(n2cnc3c(N)ncnc32)C(O)C1OP(=O)([O-])[O-]. The molecule has 6 heterocycles. The van der Waals surface area contributed by atoms with E-state index in [0.717, 1.165) is 58.0 Å². The van der Waals surface area contributed by atoms with Crippen molar-refractivity contribution in [3.05, 3.63) is 25.3 Å². The van der Waals surface area contributed by atoms with E-state index in [1.165, 1.54) is 41.5 Å². The highest BCUT2D eigenvalue weighted by Gasteiger charge is 2.49. The minimum absolute atomic E-state index is 0.0209. The van der Waals surface area contributed by atoms with Gasteiger partial charge in [-0.15, -0.1) is 0 Å². The lowest BCUT2D eigenvalue weighted by Crippen LogP contribution is -2.46. The number of rotatable bonds is 38. The summed E-state index contributed by atoms with van der Waals surface area (Å²) < 4.78 is 120. The molecule has 12 N–H and O–H groups in total. The Morgan fingerprint density at radius 3 is 1.21 bits per heavy atom. The number of hydrogen-bond acceptors (Lipinski definition) is 44. The Morgan fingerprint density at radius 2 is 0.882 bits per heavy atom. The number of nitrogens with one attached hydrogen (secondary N) is 4. The second-order valence-electron chi connectivity index (χ2n) is 22.6. The van der Waals surface area contributed by atoms with Gasteiger partial charge in [-0.3, -0.25) is 56.2 Å². The third-order valence-corrected chi connectivity index (χ3v) is 21.2. The Bertz CT molecular complexity index is 3660. The number of aliphatic hydroxyl groups is 4. The molecule has 2 saturated heterocycles. The molecule has 2 aliphatic rings. The Hall–Kier alpha value is -4.88. The van der Waals surface area contributed by atoms with Crippen molar-refractivity contribution in [1.82, 2.24) is 60.3 Å². The van der Waals surface area contributed by atoms with Crippen LogP contribution in [0, 0.1) is 10.8 Å². The first-order valence-corrected chi connectivity index (χ1v) is 39.7. The molecule has 6 rings (SSSR count). The number of thioether (sulfide) groups is 2. The topological polar surface area (TPSA) is 750 Å². The van der Waals surface area contributed by atoms with Gasteiger partial charge in [-0.05, 0) is 0 Å². The summed E-state index contributed by atoms with van der Waals surface area (Å²) in [6.45, 7) is 2.98. The molecular weight excluding hydrogens is 1540 g/mol. The van der Waals surface area contributed by atoms with Crippen LogP contribution in [0.15, 0.2) is 25.3 Å². The molecule has 102 heavy (non-hydrogen) atoms. The van der Waals surface area contributed by atoms with E-state index in [1.807, 2.05) is 0 Å². The molecule has 0 radical (unpaired) electrons. The van der Waals surface area contributed by atoms with Crippen LogP contribution in [0.3, 0.4) is 0 Å². The van der Waals surface area contributed by atoms with Gasteiger partial charge in [-0.25, -0.2) is 38.5 Å². The number of amides is 4. The number of anilines is 2. The summed E-state index contributed by atoms with van der Waals surface area (Å²) in [7, 11) is -35.1. The molecule has 576 valence electrons. The van der Waals surface area contributed by atoms with Gasteiger partial charge in [0.25, 0.3) is 31.3 Å². The van der Waals surface area contributed by atoms with Gasteiger partial charge >= 0.3 is 0 Å². The number of ether oxygens (including phenoxy) is 2. The fourth-order valence-corrected chi connectivity index (χ4v) is 15.1. The zero-order chi connectivity index (χ0) is 76.7. The highest BCUT2D eigenvalue weighted by atomic mass is 32.2. The van der Waals surface area contributed by atoms with E-state index in [0.29, 0.717) is 11.5 Å². The molecule has 48 nitrogen and oxygen atoms in total. The summed E-state index contributed by atoms with van der Waals surface area (Å²) in [4.78, 5) is 189. The molecule has 0 aromatic carbocycles. The molecule has 4 amide bonds. The van der Waals surface area contributed by atoms with Gasteiger partial charge in [0.05, 0.1) is 54.7 Å². The highest BCUT2D eigenvalue weighted by molar-refractivity contribution is 8.13. The van der Waals surface area contributed by atoms with Gasteiger partial charge in [-0.1, -0.05) is 51.2 Å². The predicted octanol–water partition coefficient (Wildman–Crippen LogP) is -7.69. The second-order valence-corrected chi connectivity index (χ2v) is 33.3. The molecule has 2 fully saturated rings. The van der Waals surface area contributed by atoms with Crippen LogP contribution in [0.4, 0.5) is 11.6 Å². The lowest BCUT2D eigenvalue weighted by atomic mass is 9.87. The van der Waals surface area contributed by atoms with Crippen molar-refractivity contribution in [1.29, 1.82) is 0 Å². The number of aliphatic hydroxyl groups excluding tert-OH is 4. The molecule has 0 aliphatic carbocycles. The fraction of sp³-hybridized carbons (Fsp3) is 0.652. The van der Waals surface area contributed by atoms with Crippen LogP contribution >= 0.6 is 70.5 Å². The number of phosphoric acid groups is 6. The Kier molecular flexibility index (Phi) is 31.9. The number of carbonyl (C=O) groups is 6. The van der Waals surface area contributed by atoms with Crippen molar-refractivity contribution in [3.8, 4) is 0 Å². The van der Waals surface area contributed by atoms with Gasteiger partial charge in [0.1, 0.15) is 72.5 Å². The van der Waals surface area contributed by atoms with Crippen LogP contribution in [0.5, 0.6) is 0 Å². The summed E-state index contributed by atoms with van der Waals surface area (Å²) in [6, 6.07) is 0. The monoisotopic (exact) mass is 1610 g/mol. The van der Waals surface area contributed by atoms with Crippen molar-refractivity contribution >= 4 is 138 Å². The molecule has 0 saturated carbocycles. The maximum Gasteiger partial charge on any atom is 0.274 e. The number of aromatic nitrogens is 8. The third-order valence-electron chi connectivity index (χ3n) is 13.6. The fourth-order valence-electron chi connectivity index (χ4n) is 8.60. The number of fused-ring (bicyclic) bond motifs is 2. The number of hydrogen-bond donors (Lipinski definition) is 10. The van der Waals surface area contributed by atoms with Crippen molar-refractivity contribution in [2.45, 2.75) is 116 Å². The van der Waals surface area contributed by atoms with Crippen LogP contribution in [0.2, 0.25) is 0 Å². The van der Waals surface area contributed by atoms with Crippen molar-refractivity contribution in [3.63, 3.8) is 0 Å². The minimum atomic E-state index is -5.90. The first-order chi connectivity index (χ1) is 47.0. The molecule has 56 heteroatoms. The number of nitrogens with two attached hydrogens (primary N) is 2. The van der Waals surface area contributed by atoms with Crippen LogP contribution in [0.25, 0.3) is 22.3 Å². The molecule has 4 aromatic rings. The van der Waals surface area contributed by atoms with E-state index in [4.69, 9.17) is 20.9 Å². The summed E-state index contributed by atoms with van der Waals surface area (Å²) in [5, 5.41) is 51.7. The molecule has 14 atom stereocenters. The van der Waals surface area contributed by atoms with Crippen LogP contribution < -0.4 is 71.9 Å². The Balaban J connectivity index is 0.000000367. The first kappa shape index (κ1) is 87.8. The number of carbonyl (C=O) groups excluding carboxylic acids is 6. The van der Waals surface area contributed by atoms with Gasteiger partial charge < -0.3 is 138 Å². The Labute approximate surface area is 584 Å². The standard InChI is InChI=1S/2C23H38N7O17P3S/c2*1-12(31)51-7-6-25-14(32)4-5-26-21(35)18(34)23(2,3)9-44-50(41,42)47-49(39,40)43-8-13-17(46-48(36,37)38)16(33)22(45-13)30-11-29-15-19(24)27-10-28-20(15)30/h2*10-11,13,16-18,22,33-34H,4-9H2,1-3H3,(H,25,32)(H,26,35)(H,39,40)(H,41,42)(H2,24,27,28)(H2,36,37,38)/p-8. The number of imidazole rings is 2. The van der Waals surface area contributed by atoms with E-state index in [1.54, 1.807) is 0 Å². The number of nitrogen functional groups attached to an aromatic ring is 2.